The standard InChI is InChI=1S/C14H17ClFNO4S/c1-2-21-14(18)10-5-7-17(8-6-10)22(19,20)13-9-11(15)3-4-12(13)16/h3-4,9-10H,2,5-8H2,1H3. The number of nitrogens with zero attached hydrogens (tertiary/aromatic N) is 1. The zero-order chi connectivity index (χ0) is 16.3. The van der Waals surface area contributed by atoms with E-state index in [2.05, 4.69) is 0 Å². The first-order valence-corrected chi connectivity index (χ1v) is 8.80. The highest BCUT2D eigenvalue weighted by Crippen LogP contribution is 2.27. The average molecular weight is 350 g/mol. The molecule has 0 saturated carbocycles. The summed E-state index contributed by atoms with van der Waals surface area (Å²) in [6.07, 6.45) is 0.723. The van der Waals surface area contributed by atoms with Crippen molar-refractivity contribution < 1.29 is 22.3 Å². The topological polar surface area (TPSA) is 63.7 Å². The fraction of sp³-hybridized carbons (Fsp3) is 0.500. The lowest BCUT2D eigenvalue weighted by Crippen LogP contribution is -2.40. The number of esters is 1. The predicted octanol–water partition coefficient (Wildman–Crippen LogP) is 2.44. The second-order valence-electron chi connectivity index (χ2n) is 5.01. The molecule has 0 amide bonds. The predicted molar refractivity (Wildman–Crippen MR) is 79.5 cm³/mol. The smallest absolute Gasteiger partial charge is 0.309 e. The number of hydrogen-bond donors (Lipinski definition) is 0. The molecule has 1 aliphatic rings. The molecular weight excluding hydrogens is 333 g/mol. The highest BCUT2D eigenvalue weighted by Gasteiger charge is 2.34. The van der Waals surface area contributed by atoms with Gasteiger partial charge < -0.3 is 4.74 Å². The molecule has 0 aromatic heterocycles. The van der Waals surface area contributed by atoms with Crippen molar-refractivity contribution in [1.82, 2.24) is 4.31 Å². The second-order valence-corrected chi connectivity index (χ2v) is 7.35. The molecule has 1 saturated heterocycles. The molecule has 0 atom stereocenters. The summed E-state index contributed by atoms with van der Waals surface area (Å²) in [7, 11) is -3.95. The molecule has 1 aromatic rings. The van der Waals surface area contributed by atoms with Gasteiger partial charge in [0.05, 0.1) is 12.5 Å². The highest BCUT2D eigenvalue weighted by atomic mass is 35.5. The van der Waals surface area contributed by atoms with Crippen molar-refractivity contribution in [3.63, 3.8) is 0 Å². The van der Waals surface area contributed by atoms with E-state index in [1.165, 1.54) is 10.4 Å². The second kappa shape index (κ2) is 6.93. The molecule has 0 radical (unpaired) electrons. The molecule has 1 aromatic carbocycles. The Hall–Kier alpha value is -1.18. The molecular formula is C14H17ClFNO4S. The van der Waals surface area contributed by atoms with Crippen molar-refractivity contribution in [2.24, 2.45) is 5.92 Å². The molecule has 1 aliphatic heterocycles. The van der Waals surface area contributed by atoms with Crippen molar-refractivity contribution >= 4 is 27.6 Å². The lowest BCUT2D eigenvalue weighted by atomic mass is 9.98. The van der Waals surface area contributed by atoms with Crippen LogP contribution in [0.25, 0.3) is 0 Å². The van der Waals surface area contributed by atoms with E-state index in [0.29, 0.717) is 19.4 Å². The van der Waals surface area contributed by atoms with Crippen LogP contribution in [-0.2, 0) is 19.6 Å². The van der Waals surface area contributed by atoms with E-state index < -0.39 is 20.7 Å². The Labute approximate surface area is 134 Å². The first-order chi connectivity index (χ1) is 10.4. The van der Waals surface area contributed by atoms with Crippen LogP contribution in [0.15, 0.2) is 23.1 Å². The third-order valence-corrected chi connectivity index (χ3v) is 5.73. The number of benzene rings is 1. The van der Waals surface area contributed by atoms with Gasteiger partial charge in [-0.15, -0.1) is 0 Å². The molecule has 22 heavy (non-hydrogen) atoms. The van der Waals surface area contributed by atoms with Gasteiger partial charge in [0.15, 0.2) is 0 Å². The van der Waals surface area contributed by atoms with Crippen molar-refractivity contribution in [2.45, 2.75) is 24.7 Å². The molecule has 2 rings (SSSR count). The molecule has 0 spiro atoms. The Morgan fingerprint density at radius 3 is 2.64 bits per heavy atom. The van der Waals surface area contributed by atoms with Gasteiger partial charge in [0.25, 0.3) is 0 Å². The van der Waals surface area contributed by atoms with Crippen molar-refractivity contribution in [2.75, 3.05) is 19.7 Å². The minimum atomic E-state index is -3.95. The van der Waals surface area contributed by atoms with Crippen LogP contribution in [0.5, 0.6) is 0 Å². The number of rotatable bonds is 4. The zero-order valence-corrected chi connectivity index (χ0v) is 13.7. The Morgan fingerprint density at radius 2 is 2.05 bits per heavy atom. The summed E-state index contributed by atoms with van der Waals surface area (Å²) in [6.45, 7) is 2.32. The van der Waals surface area contributed by atoms with E-state index in [1.54, 1.807) is 6.92 Å². The molecule has 5 nitrogen and oxygen atoms in total. The van der Waals surface area contributed by atoms with Gasteiger partial charge >= 0.3 is 5.97 Å². The van der Waals surface area contributed by atoms with E-state index in [-0.39, 0.29) is 30.0 Å². The number of ether oxygens (including phenoxy) is 1. The van der Waals surface area contributed by atoms with Crippen LogP contribution in [0.2, 0.25) is 5.02 Å². The summed E-state index contributed by atoms with van der Waals surface area (Å²) in [4.78, 5) is 11.2. The number of carbonyl (C=O) groups is 1. The largest absolute Gasteiger partial charge is 0.466 e. The quantitative estimate of drug-likeness (QED) is 0.783. The van der Waals surface area contributed by atoms with Gasteiger partial charge in [-0.1, -0.05) is 11.6 Å². The molecule has 0 aliphatic carbocycles. The van der Waals surface area contributed by atoms with E-state index in [9.17, 15) is 17.6 Å². The summed E-state index contributed by atoms with van der Waals surface area (Å²) in [6, 6.07) is 3.42. The first kappa shape index (κ1) is 17.2. The summed E-state index contributed by atoms with van der Waals surface area (Å²) < 4.78 is 44.8. The maximum atomic E-state index is 13.8. The van der Waals surface area contributed by atoms with Gasteiger partial charge in [0.2, 0.25) is 10.0 Å². The van der Waals surface area contributed by atoms with E-state index in [0.717, 1.165) is 12.1 Å². The maximum Gasteiger partial charge on any atom is 0.309 e. The first-order valence-electron chi connectivity index (χ1n) is 6.98. The van der Waals surface area contributed by atoms with E-state index in [4.69, 9.17) is 16.3 Å². The fourth-order valence-electron chi connectivity index (χ4n) is 2.41. The molecule has 0 N–H and O–H groups in total. The van der Waals surface area contributed by atoms with Gasteiger partial charge in [0, 0.05) is 18.1 Å². The number of carbonyl (C=O) groups excluding carboxylic acids is 1. The highest BCUT2D eigenvalue weighted by molar-refractivity contribution is 7.89. The number of piperidine rings is 1. The van der Waals surface area contributed by atoms with Crippen molar-refractivity contribution in [3.8, 4) is 0 Å². The minimum Gasteiger partial charge on any atom is -0.466 e. The van der Waals surface area contributed by atoms with Crippen LogP contribution in [0.1, 0.15) is 19.8 Å². The summed E-state index contributed by atoms with van der Waals surface area (Å²) in [5, 5.41) is 0.154. The minimum absolute atomic E-state index is 0.151. The fourth-order valence-corrected chi connectivity index (χ4v) is 4.20. The number of sulfonamides is 1. The SMILES string of the molecule is CCOC(=O)C1CCN(S(=O)(=O)c2cc(Cl)ccc2F)CC1. The van der Waals surface area contributed by atoms with Gasteiger partial charge in [-0.2, -0.15) is 4.31 Å². The molecule has 0 unspecified atom stereocenters. The molecule has 0 bridgehead atoms. The van der Waals surface area contributed by atoms with E-state index in [1.807, 2.05) is 0 Å². The Morgan fingerprint density at radius 1 is 1.41 bits per heavy atom. The third kappa shape index (κ3) is 3.59. The van der Waals surface area contributed by atoms with Gasteiger partial charge in [-0.3, -0.25) is 4.79 Å². The lowest BCUT2D eigenvalue weighted by Gasteiger charge is -2.30. The molecule has 1 heterocycles. The van der Waals surface area contributed by atoms with Gasteiger partial charge in [-0.05, 0) is 38.0 Å². The van der Waals surface area contributed by atoms with Crippen molar-refractivity contribution in [3.05, 3.63) is 29.0 Å². The van der Waals surface area contributed by atoms with Crippen LogP contribution in [0.3, 0.4) is 0 Å². The Balaban J connectivity index is 2.13. The zero-order valence-electron chi connectivity index (χ0n) is 12.1. The van der Waals surface area contributed by atoms with Crippen LogP contribution in [-0.4, -0.2) is 38.4 Å². The van der Waals surface area contributed by atoms with Crippen LogP contribution in [0.4, 0.5) is 4.39 Å². The lowest BCUT2D eigenvalue weighted by molar-refractivity contribution is -0.149. The van der Waals surface area contributed by atoms with Gasteiger partial charge in [-0.25, -0.2) is 12.8 Å². The number of halogens is 2. The average Bonchev–Trinajstić information content (AvgIpc) is 2.50. The van der Waals surface area contributed by atoms with E-state index >= 15 is 0 Å². The third-order valence-electron chi connectivity index (χ3n) is 3.58. The van der Waals surface area contributed by atoms with Crippen LogP contribution >= 0.6 is 11.6 Å². The molecule has 8 heteroatoms. The molecule has 122 valence electrons. The van der Waals surface area contributed by atoms with Gasteiger partial charge in [0.1, 0.15) is 10.7 Å². The normalized spacial score (nSPS) is 17.4. The molecule has 1 fully saturated rings. The number of hydrogen-bond acceptors (Lipinski definition) is 4. The van der Waals surface area contributed by atoms with Crippen LogP contribution in [0, 0.1) is 11.7 Å². The Kier molecular flexibility index (Phi) is 5.41. The van der Waals surface area contributed by atoms with Crippen molar-refractivity contribution in [1.29, 1.82) is 0 Å². The summed E-state index contributed by atoms with van der Waals surface area (Å²) >= 11 is 5.75. The summed E-state index contributed by atoms with van der Waals surface area (Å²) in [5.41, 5.74) is 0. The maximum absolute atomic E-state index is 13.8. The Bertz CT molecular complexity index is 657. The summed E-state index contributed by atoms with van der Waals surface area (Å²) in [5.74, 6) is -1.46. The monoisotopic (exact) mass is 349 g/mol. The van der Waals surface area contributed by atoms with Crippen LogP contribution < -0.4 is 0 Å².